The number of rotatable bonds is 5. The summed E-state index contributed by atoms with van der Waals surface area (Å²) in [7, 11) is 0. The second kappa shape index (κ2) is 5.88. The Hall–Kier alpha value is -2.13. The normalized spacial score (nSPS) is 11.1. The van der Waals surface area contributed by atoms with E-state index < -0.39 is 0 Å². The van der Waals surface area contributed by atoms with E-state index in [9.17, 15) is 0 Å². The third-order valence-corrected chi connectivity index (χ3v) is 3.68. The molecule has 0 amide bonds. The van der Waals surface area contributed by atoms with Gasteiger partial charge in [-0.05, 0) is 54.1 Å². The molecule has 0 bridgehead atoms. The van der Waals surface area contributed by atoms with Crippen molar-refractivity contribution >= 4 is 10.9 Å². The number of benzene rings is 1. The van der Waals surface area contributed by atoms with E-state index >= 15 is 0 Å². The molecule has 0 aliphatic heterocycles. The van der Waals surface area contributed by atoms with Gasteiger partial charge in [-0.2, -0.15) is 0 Å². The van der Waals surface area contributed by atoms with Gasteiger partial charge in [0.05, 0.1) is 5.52 Å². The van der Waals surface area contributed by atoms with Crippen LogP contribution in [0.25, 0.3) is 10.9 Å². The van der Waals surface area contributed by atoms with E-state index in [1.165, 1.54) is 22.0 Å². The minimum absolute atomic E-state index is 0.689. The number of nitrogens with two attached hydrogens (primary N) is 1. The van der Waals surface area contributed by atoms with E-state index in [0.29, 0.717) is 6.54 Å². The first-order valence-corrected chi connectivity index (χ1v) is 7.04. The van der Waals surface area contributed by atoms with Crippen LogP contribution in [0, 0.1) is 0 Å². The van der Waals surface area contributed by atoms with Crippen molar-refractivity contribution in [1.82, 2.24) is 9.55 Å². The van der Waals surface area contributed by atoms with Crippen LogP contribution in [0.4, 0.5) is 0 Å². The SMILES string of the molecule is NCCc1cccc2ccn(CCc3ccncc3)c12. The molecular weight excluding hydrogens is 246 g/mol. The number of hydrogen-bond acceptors (Lipinski definition) is 2. The first kappa shape index (κ1) is 12.9. The summed E-state index contributed by atoms with van der Waals surface area (Å²) < 4.78 is 2.33. The quantitative estimate of drug-likeness (QED) is 0.771. The number of nitrogens with zero attached hydrogens (tertiary/aromatic N) is 2. The van der Waals surface area contributed by atoms with Crippen LogP contribution in [-0.2, 0) is 19.4 Å². The number of aryl methyl sites for hydroxylation is 2. The van der Waals surface area contributed by atoms with Gasteiger partial charge in [-0.15, -0.1) is 0 Å². The van der Waals surface area contributed by atoms with Gasteiger partial charge in [0.1, 0.15) is 0 Å². The highest BCUT2D eigenvalue weighted by atomic mass is 15.0. The first-order chi connectivity index (χ1) is 9.88. The molecule has 3 nitrogen and oxygen atoms in total. The molecule has 0 spiro atoms. The number of para-hydroxylation sites is 1. The van der Waals surface area contributed by atoms with Crippen LogP contribution < -0.4 is 5.73 Å². The van der Waals surface area contributed by atoms with E-state index in [0.717, 1.165) is 19.4 Å². The highest BCUT2D eigenvalue weighted by Gasteiger charge is 2.06. The topological polar surface area (TPSA) is 43.8 Å². The Morgan fingerprint density at radius 3 is 2.65 bits per heavy atom. The number of pyridine rings is 1. The Labute approximate surface area is 119 Å². The molecule has 102 valence electrons. The molecular formula is C17H19N3. The van der Waals surface area contributed by atoms with Crippen LogP contribution in [0.15, 0.2) is 55.0 Å². The van der Waals surface area contributed by atoms with Gasteiger partial charge in [0, 0.05) is 25.1 Å². The lowest BCUT2D eigenvalue weighted by Gasteiger charge is -2.09. The molecule has 3 aromatic rings. The van der Waals surface area contributed by atoms with Crippen molar-refractivity contribution < 1.29 is 0 Å². The van der Waals surface area contributed by atoms with Crippen molar-refractivity contribution in [2.75, 3.05) is 6.54 Å². The lowest BCUT2D eigenvalue weighted by atomic mass is 10.1. The molecule has 0 aliphatic rings. The van der Waals surface area contributed by atoms with Crippen LogP contribution in [-0.4, -0.2) is 16.1 Å². The van der Waals surface area contributed by atoms with Crippen molar-refractivity contribution in [3.8, 4) is 0 Å². The Morgan fingerprint density at radius 1 is 1.00 bits per heavy atom. The highest BCUT2D eigenvalue weighted by Crippen LogP contribution is 2.21. The zero-order chi connectivity index (χ0) is 13.8. The number of aromatic nitrogens is 2. The maximum Gasteiger partial charge on any atom is 0.0513 e. The van der Waals surface area contributed by atoms with Crippen molar-refractivity contribution in [3.05, 3.63) is 66.1 Å². The van der Waals surface area contributed by atoms with E-state index in [2.05, 4.69) is 52.1 Å². The molecule has 0 unspecified atom stereocenters. The second-order valence-electron chi connectivity index (χ2n) is 5.01. The zero-order valence-electron chi connectivity index (χ0n) is 11.5. The third-order valence-electron chi connectivity index (χ3n) is 3.68. The molecule has 0 aliphatic carbocycles. The molecule has 20 heavy (non-hydrogen) atoms. The van der Waals surface area contributed by atoms with Crippen LogP contribution >= 0.6 is 0 Å². The summed E-state index contributed by atoms with van der Waals surface area (Å²) in [6, 6.07) is 12.8. The summed E-state index contributed by atoms with van der Waals surface area (Å²) >= 11 is 0. The van der Waals surface area contributed by atoms with Crippen LogP contribution in [0.5, 0.6) is 0 Å². The van der Waals surface area contributed by atoms with Gasteiger partial charge < -0.3 is 10.3 Å². The Bertz CT molecular complexity index is 686. The van der Waals surface area contributed by atoms with E-state index in [1.807, 2.05) is 12.4 Å². The smallest absolute Gasteiger partial charge is 0.0513 e. The predicted octanol–water partition coefficient (Wildman–Crippen LogP) is 2.78. The fourth-order valence-electron chi connectivity index (χ4n) is 2.68. The standard InChI is InChI=1S/C17H19N3/c18-9-4-15-2-1-3-16-8-13-20(17(15)16)12-7-14-5-10-19-11-6-14/h1-3,5-6,8,10-11,13H,4,7,9,12,18H2. The highest BCUT2D eigenvalue weighted by molar-refractivity contribution is 5.83. The molecule has 0 fully saturated rings. The van der Waals surface area contributed by atoms with E-state index in [1.54, 1.807) is 0 Å². The van der Waals surface area contributed by atoms with Crippen molar-refractivity contribution in [2.24, 2.45) is 5.73 Å². The van der Waals surface area contributed by atoms with Gasteiger partial charge in [0.15, 0.2) is 0 Å². The van der Waals surface area contributed by atoms with Gasteiger partial charge in [0.25, 0.3) is 0 Å². The third kappa shape index (κ3) is 2.58. The minimum Gasteiger partial charge on any atom is -0.347 e. The molecule has 2 aromatic heterocycles. The maximum atomic E-state index is 5.72. The average molecular weight is 265 g/mol. The second-order valence-corrected chi connectivity index (χ2v) is 5.01. The van der Waals surface area contributed by atoms with Gasteiger partial charge in [0.2, 0.25) is 0 Å². The summed E-state index contributed by atoms with van der Waals surface area (Å²) in [4.78, 5) is 4.06. The van der Waals surface area contributed by atoms with Crippen LogP contribution in [0.1, 0.15) is 11.1 Å². The molecule has 1 aromatic carbocycles. The lowest BCUT2D eigenvalue weighted by molar-refractivity contribution is 0.719. The Morgan fingerprint density at radius 2 is 1.85 bits per heavy atom. The molecule has 3 heteroatoms. The molecule has 2 N–H and O–H groups in total. The molecule has 0 radical (unpaired) electrons. The summed E-state index contributed by atoms with van der Waals surface area (Å²) in [5.74, 6) is 0. The lowest BCUT2D eigenvalue weighted by Crippen LogP contribution is -2.06. The molecule has 2 heterocycles. The molecule has 0 atom stereocenters. The van der Waals surface area contributed by atoms with Gasteiger partial charge in [-0.25, -0.2) is 0 Å². The fraction of sp³-hybridized carbons (Fsp3) is 0.235. The summed E-state index contributed by atoms with van der Waals surface area (Å²) in [6.07, 6.45) is 7.82. The van der Waals surface area contributed by atoms with Gasteiger partial charge in [-0.1, -0.05) is 18.2 Å². The summed E-state index contributed by atoms with van der Waals surface area (Å²) in [6.45, 7) is 1.67. The number of hydrogen-bond donors (Lipinski definition) is 1. The Kier molecular flexibility index (Phi) is 3.79. The summed E-state index contributed by atoms with van der Waals surface area (Å²) in [5.41, 5.74) is 9.70. The van der Waals surface area contributed by atoms with Crippen LogP contribution in [0.2, 0.25) is 0 Å². The zero-order valence-corrected chi connectivity index (χ0v) is 11.5. The maximum absolute atomic E-state index is 5.72. The first-order valence-electron chi connectivity index (χ1n) is 7.04. The van der Waals surface area contributed by atoms with Gasteiger partial charge in [-0.3, -0.25) is 4.98 Å². The number of fused-ring (bicyclic) bond motifs is 1. The van der Waals surface area contributed by atoms with Crippen LogP contribution in [0.3, 0.4) is 0 Å². The van der Waals surface area contributed by atoms with Crippen molar-refractivity contribution in [2.45, 2.75) is 19.4 Å². The van der Waals surface area contributed by atoms with E-state index in [4.69, 9.17) is 5.73 Å². The van der Waals surface area contributed by atoms with Gasteiger partial charge >= 0.3 is 0 Å². The molecule has 3 rings (SSSR count). The average Bonchev–Trinajstić information content (AvgIpc) is 2.91. The molecule has 0 saturated carbocycles. The monoisotopic (exact) mass is 265 g/mol. The van der Waals surface area contributed by atoms with Crippen molar-refractivity contribution in [1.29, 1.82) is 0 Å². The largest absolute Gasteiger partial charge is 0.347 e. The van der Waals surface area contributed by atoms with Crippen molar-refractivity contribution in [3.63, 3.8) is 0 Å². The molecule has 0 saturated heterocycles. The Balaban J connectivity index is 1.88. The fourth-order valence-corrected chi connectivity index (χ4v) is 2.68. The minimum atomic E-state index is 0.689. The predicted molar refractivity (Wildman–Crippen MR) is 82.6 cm³/mol. The van der Waals surface area contributed by atoms with E-state index in [-0.39, 0.29) is 0 Å². The summed E-state index contributed by atoms with van der Waals surface area (Å²) in [5, 5.41) is 1.30.